The number of nitrogens with zero attached hydrogens (tertiary/aromatic N) is 2. The van der Waals surface area contributed by atoms with Crippen LogP contribution in [0, 0.1) is 6.92 Å². The smallest absolute Gasteiger partial charge is 0.157 e. The number of aromatic hydroxyl groups is 2. The van der Waals surface area contributed by atoms with Crippen molar-refractivity contribution in [2.24, 2.45) is 0 Å². The van der Waals surface area contributed by atoms with Crippen LogP contribution in [0.25, 0.3) is 0 Å². The molecule has 0 aliphatic carbocycles. The maximum Gasteiger partial charge on any atom is 0.157 e. The molecule has 0 saturated carbocycles. The molecule has 0 spiro atoms. The van der Waals surface area contributed by atoms with E-state index in [0.717, 1.165) is 38.2 Å². The third-order valence-corrected chi connectivity index (χ3v) is 5.81. The number of aryl methyl sites for hydroxylation is 1. The zero-order chi connectivity index (χ0) is 20.2. The number of phenolic OH excluding ortho intramolecular Hbond substituents is 2. The van der Waals surface area contributed by atoms with E-state index >= 15 is 0 Å². The highest BCUT2D eigenvalue weighted by Gasteiger charge is 2.25. The highest BCUT2D eigenvalue weighted by molar-refractivity contribution is 5.46. The Kier molecular flexibility index (Phi) is 5.72. The molecule has 4 heteroatoms. The summed E-state index contributed by atoms with van der Waals surface area (Å²) in [5.74, 6) is -0.129. The van der Waals surface area contributed by atoms with Gasteiger partial charge in [-0.15, -0.1) is 0 Å². The molecule has 2 N–H and O–H groups in total. The maximum atomic E-state index is 9.92. The number of phenols is 2. The highest BCUT2D eigenvalue weighted by Crippen LogP contribution is 2.31. The lowest BCUT2D eigenvalue weighted by molar-refractivity contribution is 0.184. The first-order valence-electron chi connectivity index (χ1n) is 10.2. The van der Waals surface area contributed by atoms with Crippen molar-refractivity contribution in [2.75, 3.05) is 31.1 Å². The van der Waals surface area contributed by atoms with Gasteiger partial charge in [-0.2, -0.15) is 0 Å². The van der Waals surface area contributed by atoms with Gasteiger partial charge in [0.1, 0.15) is 0 Å². The minimum atomic E-state index is -0.0721. The Morgan fingerprint density at radius 1 is 0.793 bits per heavy atom. The van der Waals surface area contributed by atoms with Crippen molar-refractivity contribution in [3.8, 4) is 11.5 Å². The van der Waals surface area contributed by atoms with Gasteiger partial charge in [-0.25, -0.2) is 0 Å². The largest absolute Gasteiger partial charge is 0.504 e. The number of anilines is 1. The van der Waals surface area contributed by atoms with Gasteiger partial charge in [0.2, 0.25) is 0 Å². The zero-order valence-electron chi connectivity index (χ0n) is 16.8. The van der Waals surface area contributed by atoms with E-state index in [1.165, 1.54) is 16.8 Å². The molecule has 1 unspecified atom stereocenters. The second-order valence-corrected chi connectivity index (χ2v) is 7.81. The first-order chi connectivity index (χ1) is 14.1. The van der Waals surface area contributed by atoms with Gasteiger partial charge in [0.05, 0.1) is 0 Å². The Hall–Kier alpha value is -2.98. The van der Waals surface area contributed by atoms with Crippen molar-refractivity contribution >= 4 is 5.69 Å². The SMILES string of the molecule is Cc1ccc(C(Cc2ccc(O)c(O)c2)N2CCN(c3ccccc3)CC2)cc1. The van der Waals surface area contributed by atoms with Crippen LogP contribution in [0.2, 0.25) is 0 Å². The van der Waals surface area contributed by atoms with E-state index in [0.29, 0.717) is 0 Å². The Labute approximate surface area is 172 Å². The third-order valence-electron chi connectivity index (χ3n) is 5.81. The number of hydrogen-bond donors (Lipinski definition) is 2. The van der Waals surface area contributed by atoms with Gasteiger partial charge in [-0.05, 0) is 48.7 Å². The fraction of sp³-hybridized carbons (Fsp3) is 0.280. The van der Waals surface area contributed by atoms with Crippen LogP contribution >= 0.6 is 0 Å². The second kappa shape index (κ2) is 8.58. The van der Waals surface area contributed by atoms with Crippen LogP contribution in [0.1, 0.15) is 22.7 Å². The lowest BCUT2D eigenvalue weighted by atomic mass is 9.95. The summed E-state index contributed by atoms with van der Waals surface area (Å²) < 4.78 is 0. The molecule has 0 aromatic heterocycles. The lowest BCUT2D eigenvalue weighted by Crippen LogP contribution is -2.48. The lowest BCUT2D eigenvalue weighted by Gasteiger charge is -2.40. The number of piperazine rings is 1. The van der Waals surface area contributed by atoms with E-state index in [9.17, 15) is 10.2 Å². The summed E-state index contributed by atoms with van der Waals surface area (Å²) in [5.41, 5.74) is 4.85. The van der Waals surface area contributed by atoms with Crippen molar-refractivity contribution in [3.63, 3.8) is 0 Å². The number of para-hydroxylation sites is 1. The first-order valence-corrected chi connectivity index (χ1v) is 10.2. The molecular formula is C25H28N2O2. The van der Waals surface area contributed by atoms with Crippen LogP contribution in [-0.4, -0.2) is 41.3 Å². The average Bonchev–Trinajstić information content (AvgIpc) is 2.76. The Balaban J connectivity index is 1.54. The summed E-state index contributed by atoms with van der Waals surface area (Å²) in [6.07, 6.45) is 0.794. The quantitative estimate of drug-likeness (QED) is 0.631. The molecule has 0 amide bonds. The van der Waals surface area contributed by atoms with Crippen LogP contribution in [0.3, 0.4) is 0 Å². The zero-order valence-corrected chi connectivity index (χ0v) is 16.8. The van der Waals surface area contributed by atoms with Crippen molar-refractivity contribution in [3.05, 3.63) is 89.5 Å². The van der Waals surface area contributed by atoms with Crippen molar-refractivity contribution in [1.82, 2.24) is 4.90 Å². The molecule has 3 aromatic rings. The average molecular weight is 389 g/mol. The van der Waals surface area contributed by atoms with E-state index in [1.54, 1.807) is 12.1 Å². The minimum absolute atomic E-state index is 0.0564. The molecule has 3 aromatic carbocycles. The molecule has 4 rings (SSSR count). The van der Waals surface area contributed by atoms with E-state index in [4.69, 9.17) is 0 Å². The molecule has 150 valence electrons. The van der Waals surface area contributed by atoms with Crippen LogP contribution in [0.15, 0.2) is 72.8 Å². The molecule has 1 heterocycles. The van der Waals surface area contributed by atoms with Crippen LogP contribution in [-0.2, 0) is 6.42 Å². The van der Waals surface area contributed by atoms with E-state index in [2.05, 4.69) is 71.3 Å². The van der Waals surface area contributed by atoms with Crippen LogP contribution in [0.4, 0.5) is 5.69 Å². The second-order valence-electron chi connectivity index (χ2n) is 7.81. The summed E-state index contributed by atoms with van der Waals surface area (Å²) in [4.78, 5) is 4.98. The predicted octanol–water partition coefficient (Wildman–Crippen LogP) is 4.51. The number of hydrogen-bond acceptors (Lipinski definition) is 4. The Morgan fingerprint density at radius 2 is 1.48 bits per heavy atom. The fourth-order valence-electron chi connectivity index (χ4n) is 4.10. The van der Waals surface area contributed by atoms with E-state index in [1.807, 2.05) is 6.07 Å². The standard InChI is InChI=1S/C25H28N2O2/c1-19-7-10-21(11-8-19)23(17-20-9-12-24(28)25(29)18-20)27-15-13-26(14-16-27)22-5-3-2-4-6-22/h2-12,18,23,28-29H,13-17H2,1H3. The van der Waals surface area contributed by atoms with Crippen LogP contribution in [0.5, 0.6) is 11.5 Å². The molecule has 29 heavy (non-hydrogen) atoms. The van der Waals surface area contributed by atoms with Gasteiger partial charge >= 0.3 is 0 Å². The molecule has 1 aliphatic rings. The summed E-state index contributed by atoms with van der Waals surface area (Å²) in [6, 6.07) is 24.7. The van der Waals surface area contributed by atoms with E-state index in [-0.39, 0.29) is 17.5 Å². The summed E-state index contributed by atoms with van der Waals surface area (Å²) in [5, 5.41) is 19.6. The number of rotatable bonds is 5. The van der Waals surface area contributed by atoms with Crippen molar-refractivity contribution in [1.29, 1.82) is 0 Å². The topological polar surface area (TPSA) is 46.9 Å². The molecule has 1 atom stereocenters. The van der Waals surface area contributed by atoms with Gasteiger partial charge in [0.25, 0.3) is 0 Å². The summed E-state index contributed by atoms with van der Waals surface area (Å²) in [6.45, 7) is 6.06. The first kappa shape index (κ1) is 19.3. The molecular weight excluding hydrogens is 360 g/mol. The molecule has 1 saturated heterocycles. The molecule has 0 radical (unpaired) electrons. The van der Waals surface area contributed by atoms with E-state index < -0.39 is 0 Å². The Morgan fingerprint density at radius 3 is 2.14 bits per heavy atom. The fourth-order valence-corrected chi connectivity index (χ4v) is 4.10. The molecule has 1 aliphatic heterocycles. The summed E-state index contributed by atoms with van der Waals surface area (Å²) in [7, 11) is 0. The Bertz CT molecular complexity index is 933. The summed E-state index contributed by atoms with van der Waals surface area (Å²) >= 11 is 0. The van der Waals surface area contributed by atoms with Crippen molar-refractivity contribution < 1.29 is 10.2 Å². The normalized spacial score (nSPS) is 16.0. The van der Waals surface area contributed by atoms with Crippen LogP contribution < -0.4 is 4.90 Å². The maximum absolute atomic E-state index is 9.92. The van der Waals surface area contributed by atoms with Gasteiger partial charge in [-0.1, -0.05) is 54.1 Å². The third kappa shape index (κ3) is 4.54. The minimum Gasteiger partial charge on any atom is -0.504 e. The molecule has 4 nitrogen and oxygen atoms in total. The predicted molar refractivity (Wildman–Crippen MR) is 118 cm³/mol. The monoisotopic (exact) mass is 388 g/mol. The van der Waals surface area contributed by atoms with Gasteiger partial charge < -0.3 is 15.1 Å². The van der Waals surface area contributed by atoms with Gasteiger partial charge in [0, 0.05) is 37.9 Å². The number of benzene rings is 3. The highest BCUT2D eigenvalue weighted by atomic mass is 16.3. The molecule has 1 fully saturated rings. The van der Waals surface area contributed by atoms with Gasteiger partial charge in [0.15, 0.2) is 11.5 Å². The van der Waals surface area contributed by atoms with Gasteiger partial charge in [-0.3, -0.25) is 4.90 Å². The molecule has 0 bridgehead atoms. The van der Waals surface area contributed by atoms with Crippen molar-refractivity contribution in [2.45, 2.75) is 19.4 Å².